The molecule has 0 saturated carbocycles. The van der Waals surface area contributed by atoms with Crippen LogP contribution in [0.1, 0.15) is 42.2 Å². The molecule has 2 heterocycles. The van der Waals surface area contributed by atoms with Crippen molar-refractivity contribution in [2.75, 3.05) is 13.1 Å². The van der Waals surface area contributed by atoms with Crippen LogP contribution in [0.3, 0.4) is 0 Å². The summed E-state index contributed by atoms with van der Waals surface area (Å²) in [5.74, 6) is -0.378. The highest BCUT2D eigenvalue weighted by Crippen LogP contribution is 2.26. The highest BCUT2D eigenvalue weighted by molar-refractivity contribution is 6.06. The first-order valence-electron chi connectivity index (χ1n) is 7.95. The number of carbonyl (C=O) groups is 2. The van der Waals surface area contributed by atoms with Gasteiger partial charge >= 0.3 is 0 Å². The van der Waals surface area contributed by atoms with Crippen molar-refractivity contribution < 1.29 is 9.59 Å². The second-order valence-corrected chi connectivity index (χ2v) is 6.41. The third-order valence-corrected chi connectivity index (χ3v) is 4.44. The van der Waals surface area contributed by atoms with Crippen LogP contribution in [-0.4, -0.2) is 34.8 Å². The van der Waals surface area contributed by atoms with Crippen LogP contribution in [0.2, 0.25) is 0 Å². The number of primary amides is 1. The first-order chi connectivity index (χ1) is 11.0. The number of likely N-dealkylation sites (tertiary alicyclic amines) is 1. The fourth-order valence-corrected chi connectivity index (χ4v) is 3.02. The molecule has 0 bridgehead atoms. The molecule has 1 aromatic heterocycles. The summed E-state index contributed by atoms with van der Waals surface area (Å²) in [4.78, 5) is 30.7. The summed E-state index contributed by atoms with van der Waals surface area (Å²) in [5.41, 5.74) is 7.75. The van der Waals surface area contributed by atoms with Crippen molar-refractivity contribution in [1.82, 2.24) is 9.88 Å². The quantitative estimate of drug-likeness (QED) is 0.945. The Labute approximate surface area is 135 Å². The monoisotopic (exact) mass is 311 g/mol. The van der Waals surface area contributed by atoms with E-state index in [4.69, 9.17) is 5.73 Å². The molecular weight excluding hydrogens is 290 g/mol. The van der Waals surface area contributed by atoms with Gasteiger partial charge in [-0.05, 0) is 24.5 Å². The molecule has 23 heavy (non-hydrogen) atoms. The van der Waals surface area contributed by atoms with Gasteiger partial charge < -0.3 is 10.6 Å². The van der Waals surface area contributed by atoms with Crippen molar-refractivity contribution >= 4 is 22.7 Å². The number of fused-ring (bicyclic) bond motifs is 1. The molecule has 0 spiro atoms. The van der Waals surface area contributed by atoms with Gasteiger partial charge in [0.15, 0.2) is 0 Å². The van der Waals surface area contributed by atoms with Gasteiger partial charge in [0.2, 0.25) is 5.91 Å². The number of rotatable bonds is 3. The molecule has 5 nitrogen and oxygen atoms in total. The number of nitrogens with two attached hydrogens (primary N) is 1. The van der Waals surface area contributed by atoms with Gasteiger partial charge in [-0.2, -0.15) is 0 Å². The van der Waals surface area contributed by atoms with Crippen LogP contribution in [0.4, 0.5) is 0 Å². The van der Waals surface area contributed by atoms with E-state index in [-0.39, 0.29) is 23.7 Å². The number of hydrogen-bond acceptors (Lipinski definition) is 3. The van der Waals surface area contributed by atoms with E-state index in [2.05, 4.69) is 18.8 Å². The third-order valence-electron chi connectivity index (χ3n) is 4.44. The number of pyridine rings is 1. The number of benzene rings is 1. The number of carbonyl (C=O) groups excluding carboxylic acids is 2. The summed E-state index contributed by atoms with van der Waals surface area (Å²) in [6.07, 6.45) is 0.640. The molecule has 120 valence electrons. The molecule has 1 atom stereocenters. The van der Waals surface area contributed by atoms with E-state index in [1.165, 1.54) is 0 Å². The van der Waals surface area contributed by atoms with Gasteiger partial charge in [0.1, 0.15) is 0 Å². The molecule has 1 saturated heterocycles. The van der Waals surface area contributed by atoms with E-state index in [9.17, 15) is 9.59 Å². The molecule has 2 aromatic rings. The lowest BCUT2D eigenvalue weighted by atomic mass is 10.0. The summed E-state index contributed by atoms with van der Waals surface area (Å²) in [5, 5.41) is 0.851. The predicted molar refractivity (Wildman–Crippen MR) is 89.0 cm³/mol. The van der Waals surface area contributed by atoms with Gasteiger partial charge in [-0.25, -0.2) is 0 Å². The summed E-state index contributed by atoms with van der Waals surface area (Å²) < 4.78 is 0. The first kappa shape index (κ1) is 15.5. The Hall–Kier alpha value is -2.43. The number of para-hydroxylation sites is 1. The normalized spacial score (nSPS) is 17.9. The lowest BCUT2D eigenvalue weighted by molar-refractivity contribution is -0.121. The Bertz CT molecular complexity index is 770. The van der Waals surface area contributed by atoms with Gasteiger partial charge in [0, 0.05) is 24.2 Å². The molecule has 0 aliphatic carbocycles. The van der Waals surface area contributed by atoms with Crippen molar-refractivity contribution in [3.05, 3.63) is 41.6 Å². The van der Waals surface area contributed by atoms with Crippen LogP contribution in [0.25, 0.3) is 10.9 Å². The highest BCUT2D eigenvalue weighted by atomic mass is 16.2. The Morgan fingerprint density at radius 1 is 1.30 bits per heavy atom. The molecule has 0 radical (unpaired) electrons. The molecule has 0 unspecified atom stereocenters. The molecule has 1 aliphatic heterocycles. The minimum absolute atomic E-state index is 0.0470. The smallest absolute Gasteiger partial charge is 0.254 e. The third kappa shape index (κ3) is 2.91. The zero-order chi connectivity index (χ0) is 16.6. The predicted octanol–water partition coefficient (Wildman–Crippen LogP) is 2.31. The van der Waals surface area contributed by atoms with Crippen molar-refractivity contribution in [1.29, 1.82) is 0 Å². The summed E-state index contributed by atoms with van der Waals surface area (Å²) in [7, 11) is 0. The van der Waals surface area contributed by atoms with E-state index < -0.39 is 0 Å². The van der Waals surface area contributed by atoms with E-state index >= 15 is 0 Å². The average molecular weight is 311 g/mol. The molecular formula is C18H21N3O2. The topological polar surface area (TPSA) is 76.3 Å². The number of hydrogen-bond donors (Lipinski definition) is 1. The Morgan fingerprint density at radius 2 is 2.04 bits per heavy atom. The van der Waals surface area contributed by atoms with Gasteiger partial charge in [-0.3, -0.25) is 14.6 Å². The molecule has 5 heteroatoms. The zero-order valence-corrected chi connectivity index (χ0v) is 13.5. The Morgan fingerprint density at radius 3 is 2.70 bits per heavy atom. The van der Waals surface area contributed by atoms with Crippen LogP contribution in [-0.2, 0) is 4.79 Å². The van der Waals surface area contributed by atoms with E-state index in [0.717, 1.165) is 16.6 Å². The van der Waals surface area contributed by atoms with Gasteiger partial charge in [0.25, 0.3) is 5.91 Å². The second kappa shape index (κ2) is 5.99. The molecule has 1 aliphatic rings. The Balaban J connectivity index is 2.01. The zero-order valence-electron chi connectivity index (χ0n) is 13.5. The maximum absolute atomic E-state index is 12.9. The largest absolute Gasteiger partial charge is 0.369 e. The van der Waals surface area contributed by atoms with E-state index in [0.29, 0.717) is 25.1 Å². The number of amides is 2. The second-order valence-electron chi connectivity index (χ2n) is 6.41. The summed E-state index contributed by atoms with van der Waals surface area (Å²) >= 11 is 0. The minimum atomic E-state index is -0.331. The molecule has 1 aromatic carbocycles. The van der Waals surface area contributed by atoms with Gasteiger partial charge in [-0.15, -0.1) is 0 Å². The average Bonchev–Trinajstić information content (AvgIpc) is 3.03. The summed E-state index contributed by atoms with van der Waals surface area (Å²) in [6.45, 7) is 5.09. The van der Waals surface area contributed by atoms with E-state index in [1.807, 2.05) is 30.3 Å². The maximum atomic E-state index is 12.9. The van der Waals surface area contributed by atoms with Crippen molar-refractivity contribution in [2.45, 2.75) is 26.2 Å². The van der Waals surface area contributed by atoms with Crippen LogP contribution in [0.5, 0.6) is 0 Å². The first-order valence-corrected chi connectivity index (χ1v) is 7.95. The minimum Gasteiger partial charge on any atom is -0.369 e. The molecule has 2 N–H and O–H groups in total. The van der Waals surface area contributed by atoms with Crippen LogP contribution in [0.15, 0.2) is 30.3 Å². The fourth-order valence-electron chi connectivity index (χ4n) is 3.02. The van der Waals surface area contributed by atoms with E-state index in [1.54, 1.807) is 4.90 Å². The summed E-state index contributed by atoms with van der Waals surface area (Å²) in [6, 6.07) is 9.56. The van der Waals surface area contributed by atoms with Crippen LogP contribution < -0.4 is 5.73 Å². The van der Waals surface area contributed by atoms with Crippen LogP contribution in [0, 0.1) is 5.92 Å². The lowest BCUT2D eigenvalue weighted by Crippen LogP contribution is -2.32. The standard InChI is InChI=1S/C18H21N3O2/c1-11(2)16-9-14(13-5-3-4-6-15(13)20-16)18(23)21-8-7-12(10-21)17(19)22/h3-6,9,11-12H,7-8,10H2,1-2H3,(H2,19,22)/t12-/m0/s1. The number of nitrogens with zero attached hydrogens (tertiary/aromatic N) is 2. The van der Waals surface area contributed by atoms with Crippen molar-refractivity contribution in [2.24, 2.45) is 11.7 Å². The molecule has 2 amide bonds. The van der Waals surface area contributed by atoms with Crippen molar-refractivity contribution in [3.63, 3.8) is 0 Å². The molecule has 1 fully saturated rings. The lowest BCUT2D eigenvalue weighted by Gasteiger charge is -2.18. The fraction of sp³-hybridized carbons (Fsp3) is 0.389. The van der Waals surface area contributed by atoms with Crippen molar-refractivity contribution in [3.8, 4) is 0 Å². The van der Waals surface area contributed by atoms with Gasteiger partial charge in [-0.1, -0.05) is 32.0 Å². The number of aromatic nitrogens is 1. The molecule has 3 rings (SSSR count). The Kier molecular flexibility index (Phi) is 4.03. The highest BCUT2D eigenvalue weighted by Gasteiger charge is 2.31. The SMILES string of the molecule is CC(C)c1cc(C(=O)N2CC[C@H](C(N)=O)C2)c2ccccc2n1. The van der Waals surface area contributed by atoms with Crippen LogP contribution >= 0.6 is 0 Å². The maximum Gasteiger partial charge on any atom is 0.254 e. The van der Waals surface area contributed by atoms with Gasteiger partial charge in [0.05, 0.1) is 17.0 Å².